The number of anilines is 1. The van der Waals surface area contributed by atoms with Crippen LogP contribution in [0.2, 0.25) is 0 Å². The molecule has 0 amide bonds. The number of nitrogens with zero attached hydrogens (tertiary/aromatic N) is 3. The van der Waals surface area contributed by atoms with Crippen molar-refractivity contribution >= 4 is 27.4 Å². The average molecular weight is 345 g/mol. The Bertz CT molecular complexity index is 642. The van der Waals surface area contributed by atoms with Crippen LogP contribution in [-0.4, -0.2) is 54.6 Å². The van der Waals surface area contributed by atoms with E-state index in [2.05, 4.69) is 39.4 Å². The topological polar surface area (TPSA) is 31.4 Å². The molecular weight excluding hydrogens is 316 g/mol. The highest BCUT2D eigenvalue weighted by molar-refractivity contribution is 7.13. The standard InChI is InChI=1S/C19H28N4S/c1-2-6-16(7-3-1)20-10-11-22-12-14-23(15-13-22)19-17-8-4-5-9-18(17)24-21-19/h4-5,8-9,16,20H,1-3,6-7,10-15H2. The van der Waals surface area contributed by atoms with Gasteiger partial charge in [0.05, 0.1) is 4.70 Å². The summed E-state index contributed by atoms with van der Waals surface area (Å²) in [5, 5.41) is 5.08. The van der Waals surface area contributed by atoms with E-state index in [1.165, 1.54) is 54.6 Å². The molecule has 24 heavy (non-hydrogen) atoms. The molecule has 4 rings (SSSR count). The molecule has 2 aromatic rings. The first-order chi connectivity index (χ1) is 11.9. The van der Waals surface area contributed by atoms with Crippen molar-refractivity contribution in [1.82, 2.24) is 14.6 Å². The van der Waals surface area contributed by atoms with Gasteiger partial charge < -0.3 is 10.2 Å². The van der Waals surface area contributed by atoms with Crippen molar-refractivity contribution < 1.29 is 0 Å². The molecule has 1 N–H and O–H groups in total. The normalized spacial score (nSPS) is 20.8. The second kappa shape index (κ2) is 7.81. The van der Waals surface area contributed by atoms with Crippen LogP contribution < -0.4 is 10.2 Å². The van der Waals surface area contributed by atoms with Gasteiger partial charge in [0.25, 0.3) is 0 Å². The molecule has 0 bridgehead atoms. The summed E-state index contributed by atoms with van der Waals surface area (Å²) < 4.78 is 6.00. The molecule has 2 fully saturated rings. The highest BCUT2D eigenvalue weighted by Gasteiger charge is 2.20. The highest BCUT2D eigenvalue weighted by atomic mass is 32.1. The Labute approximate surface area is 149 Å². The predicted octanol–water partition coefficient (Wildman–Crippen LogP) is 3.34. The quantitative estimate of drug-likeness (QED) is 0.901. The molecular formula is C19H28N4S. The van der Waals surface area contributed by atoms with E-state index in [9.17, 15) is 0 Å². The summed E-state index contributed by atoms with van der Waals surface area (Å²) in [5.74, 6) is 1.19. The summed E-state index contributed by atoms with van der Waals surface area (Å²) in [4.78, 5) is 5.06. The van der Waals surface area contributed by atoms with Gasteiger partial charge in [0.2, 0.25) is 0 Å². The fourth-order valence-corrected chi connectivity index (χ4v) is 4.81. The third kappa shape index (κ3) is 3.73. The molecule has 4 nitrogen and oxygen atoms in total. The molecule has 1 aliphatic heterocycles. The Balaban J connectivity index is 1.24. The maximum atomic E-state index is 4.70. The molecule has 2 aliphatic rings. The van der Waals surface area contributed by atoms with E-state index in [1.54, 1.807) is 11.5 Å². The summed E-state index contributed by atoms with van der Waals surface area (Å²) in [6.45, 7) is 6.82. The molecule has 1 saturated heterocycles. The van der Waals surface area contributed by atoms with Crippen molar-refractivity contribution in [3.05, 3.63) is 24.3 Å². The van der Waals surface area contributed by atoms with Gasteiger partial charge in [-0.1, -0.05) is 31.4 Å². The van der Waals surface area contributed by atoms with Crippen LogP contribution in [-0.2, 0) is 0 Å². The number of rotatable bonds is 5. The number of piperazine rings is 1. The SMILES string of the molecule is c1ccc2c(N3CCN(CCNC4CCCCC4)CC3)nsc2c1. The minimum atomic E-state index is 0.779. The van der Waals surface area contributed by atoms with E-state index in [4.69, 9.17) is 4.37 Å². The molecule has 0 unspecified atom stereocenters. The highest BCUT2D eigenvalue weighted by Crippen LogP contribution is 2.29. The van der Waals surface area contributed by atoms with Crippen LogP contribution in [0.3, 0.4) is 0 Å². The Hall–Kier alpha value is -1.17. The van der Waals surface area contributed by atoms with E-state index in [0.717, 1.165) is 38.8 Å². The summed E-state index contributed by atoms with van der Waals surface area (Å²) in [7, 11) is 0. The molecule has 5 heteroatoms. The third-order valence-electron chi connectivity index (χ3n) is 5.50. The van der Waals surface area contributed by atoms with Crippen molar-refractivity contribution in [2.45, 2.75) is 38.1 Å². The second-order valence-corrected chi connectivity index (χ2v) is 7.93. The molecule has 0 radical (unpaired) electrons. The van der Waals surface area contributed by atoms with Gasteiger partial charge in [0.1, 0.15) is 5.82 Å². The minimum absolute atomic E-state index is 0.779. The number of hydrogen-bond acceptors (Lipinski definition) is 5. The van der Waals surface area contributed by atoms with E-state index in [0.29, 0.717) is 0 Å². The first-order valence-electron chi connectivity index (χ1n) is 9.45. The van der Waals surface area contributed by atoms with Gasteiger partial charge in [0.15, 0.2) is 0 Å². The number of aromatic nitrogens is 1. The number of hydrogen-bond donors (Lipinski definition) is 1. The minimum Gasteiger partial charge on any atom is -0.353 e. The Morgan fingerprint density at radius 3 is 2.67 bits per heavy atom. The van der Waals surface area contributed by atoms with Crippen LogP contribution >= 0.6 is 11.5 Å². The molecule has 2 heterocycles. The summed E-state index contributed by atoms with van der Waals surface area (Å²) in [6.07, 6.45) is 7.02. The second-order valence-electron chi connectivity index (χ2n) is 7.12. The maximum Gasteiger partial charge on any atom is 0.150 e. The Morgan fingerprint density at radius 1 is 1.04 bits per heavy atom. The zero-order valence-electron chi connectivity index (χ0n) is 14.4. The zero-order chi connectivity index (χ0) is 16.2. The number of benzene rings is 1. The van der Waals surface area contributed by atoms with Crippen molar-refractivity contribution in [2.24, 2.45) is 0 Å². The maximum absolute atomic E-state index is 4.70. The van der Waals surface area contributed by atoms with Crippen molar-refractivity contribution in [2.75, 3.05) is 44.2 Å². The third-order valence-corrected chi connectivity index (χ3v) is 6.31. The van der Waals surface area contributed by atoms with Crippen LogP contribution in [0, 0.1) is 0 Å². The molecule has 0 spiro atoms. The summed E-state index contributed by atoms with van der Waals surface area (Å²) in [5.41, 5.74) is 0. The molecule has 1 aromatic heterocycles. The Kier molecular flexibility index (Phi) is 5.30. The summed E-state index contributed by atoms with van der Waals surface area (Å²) in [6, 6.07) is 9.37. The molecule has 130 valence electrons. The predicted molar refractivity (Wildman–Crippen MR) is 103 cm³/mol. The zero-order valence-corrected chi connectivity index (χ0v) is 15.2. The average Bonchev–Trinajstić information content (AvgIpc) is 3.07. The van der Waals surface area contributed by atoms with Gasteiger partial charge in [-0.15, -0.1) is 0 Å². The van der Waals surface area contributed by atoms with Crippen molar-refractivity contribution in [3.63, 3.8) is 0 Å². The number of nitrogens with one attached hydrogen (secondary N) is 1. The van der Waals surface area contributed by atoms with Gasteiger partial charge in [-0.05, 0) is 36.5 Å². The van der Waals surface area contributed by atoms with Crippen LogP contribution in [0.1, 0.15) is 32.1 Å². The lowest BCUT2D eigenvalue weighted by molar-refractivity contribution is 0.248. The van der Waals surface area contributed by atoms with E-state index in [1.807, 2.05) is 0 Å². The van der Waals surface area contributed by atoms with Crippen LogP contribution in [0.15, 0.2) is 24.3 Å². The fraction of sp³-hybridized carbons (Fsp3) is 0.632. The lowest BCUT2D eigenvalue weighted by Gasteiger charge is -2.35. The lowest BCUT2D eigenvalue weighted by Crippen LogP contribution is -2.49. The number of fused-ring (bicyclic) bond motifs is 1. The lowest BCUT2D eigenvalue weighted by atomic mass is 9.95. The molecule has 1 aliphatic carbocycles. The van der Waals surface area contributed by atoms with E-state index in [-0.39, 0.29) is 0 Å². The Morgan fingerprint density at radius 2 is 1.83 bits per heavy atom. The van der Waals surface area contributed by atoms with E-state index < -0.39 is 0 Å². The van der Waals surface area contributed by atoms with E-state index >= 15 is 0 Å². The largest absolute Gasteiger partial charge is 0.353 e. The van der Waals surface area contributed by atoms with Gasteiger partial charge in [-0.3, -0.25) is 4.90 Å². The monoisotopic (exact) mass is 344 g/mol. The molecule has 0 atom stereocenters. The van der Waals surface area contributed by atoms with Gasteiger partial charge in [-0.2, -0.15) is 4.37 Å². The van der Waals surface area contributed by atoms with Crippen LogP contribution in [0.4, 0.5) is 5.82 Å². The fourth-order valence-electron chi connectivity index (χ4n) is 4.02. The van der Waals surface area contributed by atoms with Crippen molar-refractivity contribution in [1.29, 1.82) is 0 Å². The summed E-state index contributed by atoms with van der Waals surface area (Å²) >= 11 is 1.62. The first-order valence-corrected chi connectivity index (χ1v) is 10.2. The van der Waals surface area contributed by atoms with Crippen LogP contribution in [0.5, 0.6) is 0 Å². The first kappa shape index (κ1) is 16.3. The smallest absolute Gasteiger partial charge is 0.150 e. The van der Waals surface area contributed by atoms with Gasteiger partial charge in [0, 0.05) is 50.7 Å². The van der Waals surface area contributed by atoms with Gasteiger partial charge in [-0.25, -0.2) is 0 Å². The molecule has 1 aromatic carbocycles. The van der Waals surface area contributed by atoms with Crippen molar-refractivity contribution in [3.8, 4) is 0 Å². The van der Waals surface area contributed by atoms with Crippen LogP contribution in [0.25, 0.3) is 10.1 Å². The molecule has 1 saturated carbocycles. The van der Waals surface area contributed by atoms with Gasteiger partial charge >= 0.3 is 0 Å².